The second-order valence-electron chi connectivity index (χ2n) is 5.31. The number of nitrogens with one attached hydrogen (secondary N) is 1. The zero-order valence-corrected chi connectivity index (χ0v) is 13.0. The van der Waals surface area contributed by atoms with Gasteiger partial charge in [0.2, 0.25) is 0 Å². The summed E-state index contributed by atoms with van der Waals surface area (Å²) in [6, 6.07) is 0.511. The van der Waals surface area contributed by atoms with E-state index in [9.17, 15) is 0 Å². The number of likely N-dealkylation sites (N-methyl/N-ethyl adjacent to an activating group) is 1. The molecular weight excluding hydrogens is 236 g/mol. The molecule has 1 heterocycles. The van der Waals surface area contributed by atoms with Crippen LogP contribution in [0.25, 0.3) is 0 Å². The van der Waals surface area contributed by atoms with Crippen molar-refractivity contribution in [3.63, 3.8) is 0 Å². The van der Waals surface area contributed by atoms with Crippen LogP contribution in [0.4, 0.5) is 0 Å². The zero-order chi connectivity index (χ0) is 14.1. The maximum Gasteiger partial charge on any atom is 0.138 e. The first kappa shape index (κ1) is 16.2. The van der Waals surface area contributed by atoms with Crippen molar-refractivity contribution < 1.29 is 0 Å². The van der Waals surface area contributed by atoms with E-state index in [0.717, 1.165) is 31.1 Å². The molecule has 0 amide bonds. The maximum atomic E-state index is 4.43. The summed E-state index contributed by atoms with van der Waals surface area (Å²) in [4.78, 5) is 4.43. The summed E-state index contributed by atoms with van der Waals surface area (Å²) in [7, 11) is 2.07. The third-order valence-corrected chi connectivity index (χ3v) is 3.93. The largest absolute Gasteiger partial charge is 0.316 e. The van der Waals surface area contributed by atoms with Crippen LogP contribution in [0, 0.1) is 5.92 Å². The van der Waals surface area contributed by atoms with Gasteiger partial charge >= 0.3 is 0 Å². The molecule has 0 radical (unpaired) electrons. The molecule has 1 aromatic rings. The highest BCUT2D eigenvalue weighted by Crippen LogP contribution is 2.19. The third-order valence-electron chi connectivity index (χ3n) is 3.93. The van der Waals surface area contributed by atoms with Gasteiger partial charge < -0.3 is 5.32 Å². The second kappa shape index (κ2) is 9.08. The molecule has 0 aromatic carbocycles. The first-order valence-corrected chi connectivity index (χ1v) is 7.80. The average molecular weight is 266 g/mol. The molecular formula is C15H30N4. The lowest BCUT2D eigenvalue weighted by atomic mass is 9.89. The Hall–Kier alpha value is -0.900. The number of nitrogens with zero attached hydrogens (tertiary/aromatic N) is 3. The van der Waals surface area contributed by atoms with Crippen molar-refractivity contribution in [1.29, 1.82) is 0 Å². The van der Waals surface area contributed by atoms with Gasteiger partial charge in [-0.15, -0.1) is 0 Å². The van der Waals surface area contributed by atoms with Crippen LogP contribution in [0.3, 0.4) is 0 Å². The molecule has 0 saturated carbocycles. The van der Waals surface area contributed by atoms with Gasteiger partial charge in [0, 0.05) is 19.0 Å². The van der Waals surface area contributed by atoms with Crippen LogP contribution < -0.4 is 5.32 Å². The van der Waals surface area contributed by atoms with Crippen molar-refractivity contribution in [2.75, 3.05) is 7.05 Å². The lowest BCUT2D eigenvalue weighted by Crippen LogP contribution is -2.36. The first-order chi connectivity index (χ1) is 9.26. The molecule has 110 valence electrons. The van der Waals surface area contributed by atoms with Gasteiger partial charge in [-0.2, -0.15) is 5.10 Å². The van der Waals surface area contributed by atoms with E-state index in [0.29, 0.717) is 6.04 Å². The Morgan fingerprint density at radius 1 is 1.26 bits per heavy atom. The molecule has 0 saturated heterocycles. The van der Waals surface area contributed by atoms with E-state index < -0.39 is 0 Å². The highest BCUT2D eigenvalue weighted by molar-refractivity contribution is 4.91. The SMILES string of the molecule is CCCCC(CC)C(Cc1ncnn1CCC)NC. The standard InChI is InChI=1S/C15H30N4/c1-5-8-9-13(7-3)14(16-4)11-15-17-12-18-19(15)10-6-2/h12-14,16H,5-11H2,1-4H3. The predicted molar refractivity (Wildman–Crippen MR) is 80.2 cm³/mol. The Balaban J connectivity index is 2.65. The van der Waals surface area contributed by atoms with Crippen LogP contribution in [0.1, 0.15) is 58.7 Å². The Labute approximate surface area is 118 Å². The van der Waals surface area contributed by atoms with Crippen molar-refractivity contribution in [3.8, 4) is 0 Å². The monoisotopic (exact) mass is 266 g/mol. The second-order valence-corrected chi connectivity index (χ2v) is 5.31. The number of hydrogen-bond acceptors (Lipinski definition) is 3. The van der Waals surface area contributed by atoms with Crippen molar-refractivity contribution in [2.24, 2.45) is 5.92 Å². The summed E-state index contributed by atoms with van der Waals surface area (Å²) in [5.74, 6) is 1.85. The van der Waals surface area contributed by atoms with Gasteiger partial charge in [-0.05, 0) is 25.8 Å². The molecule has 0 spiro atoms. The minimum atomic E-state index is 0.511. The minimum Gasteiger partial charge on any atom is -0.316 e. The Morgan fingerprint density at radius 3 is 2.63 bits per heavy atom. The maximum absolute atomic E-state index is 4.43. The number of rotatable bonds is 10. The lowest BCUT2D eigenvalue weighted by Gasteiger charge is -2.25. The van der Waals surface area contributed by atoms with Crippen molar-refractivity contribution in [2.45, 2.75) is 71.9 Å². The average Bonchev–Trinajstić information content (AvgIpc) is 2.86. The van der Waals surface area contributed by atoms with Crippen LogP contribution in [0.2, 0.25) is 0 Å². The van der Waals surface area contributed by atoms with Crippen LogP contribution in [0.15, 0.2) is 6.33 Å². The van der Waals surface area contributed by atoms with Gasteiger partial charge in [-0.1, -0.05) is 40.0 Å². The fourth-order valence-electron chi connectivity index (χ4n) is 2.70. The molecule has 0 aliphatic carbocycles. The van der Waals surface area contributed by atoms with E-state index in [2.05, 4.69) is 47.9 Å². The Bertz CT molecular complexity index is 335. The molecule has 2 unspecified atom stereocenters. The molecule has 0 aliphatic heterocycles. The van der Waals surface area contributed by atoms with Crippen LogP contribution in [0.5, 0.6) is 0 Å². The minimum absolute atomic E-state index is 0.511. The zero-order valence-electron chi connectivity index (χ0n) is 13.0. The molecule has 1 N–H and O–H groups in total. The Kier molecular flexibility index (Phi) is 7.72. The van der Waals surface area contributed by atoms with E-state index in [4.69, 9.17) is 0 Å². The van der Waals surface area contributed by atoms with Crippen LogP contribution in [-0.2, 0) is 13.0 Å². The fraction of sp³-hybridized carbons (Fsp3) is 0.867. The summed E-state index contributed by atoms with van der Waals surface area (Å²) in [5, 5.41) is 7.81. The van der Waals surface area contributed by atoms with Crippen molar-refractivity contribution in [3.05, 3.63) is 12.2 Å². The Morgan fingerprint density at radius 2 is 2.05 bits per heavy atom. The lowest BCUT2D eigenvalue weighted by molar-refractivity contribution is 0.322. The highest BCUT2D eigenvalue weighted by atomic mass is 15.3. The van der Waals surface area contributed by atoms with Crippen LogP contribution >= 0.6 is 0 Å². The van der Waals surface area contributed by atoms with Gasteiger partial charge in [-0.25, -0.2) is 4.98 Å². The molecule has 2 atom stereocenters. The molecule has 19 heavy (non-hydrogen) atoms. The van der Waals surface area contributed by atoms with E-state index >= 15 is 0 Å². The highest BCUT2D eigenvalue weighted by Gasteiger charge is 2.20. The summed E-state index contributed by atoms with van der Waals surface area (Å²) in [6.07, 6.45) is 8.90. The van der Waals surface area contributed by atoms with E-state index in [1.165, 1.54) is 25.7 Å². The number of hydrogen-bond donors (Lipinski definition) is 1. The third kappa shape index (κ3) is 4.94. The summed E-state index contributed by atoms with van der Waals surface area (Å²) in [5.41, 5.74) is 0. The van der Waals surface area contributed by atoms with E-state index in [-0.39, 0.29) is 0 Å². The molecule has 1 rings (SSSR count). The van der Waals surface area contributed by atoms with E-state index in [1.54, 1.807) is 6.33 Å². The quantitative estimate of drug-likeness (QED) is 0.708. The molecule has 4 heteroatoms. The van der Waals surface area contributed by atoms with Gasteiger partial charge in [0.15, 0.2) is 0 Å². The van der Waals surface area contributed by atoms with Gasteiger partial charge in [0.05, 0.1) is 0 Å². The van der Waals surface area contributed by atoms with Gasteiger partial charge in [0.1, 0.15) is 12.2 Å². The van der Waals surface area contributed by atoms with Crippen molar-refractivity contribution in [1.82, 2.24) is 20.1 Å². The normalized spacial score (nSPS) is 14.5. The predicted octanol–water partition coefficient (Wildman–Crippen LogP) is 3.04. The molecule has 4 nitrogen and oxygen atoms in total. The topological polar surface area (TPSA) is 42.7 Å². The molecule has 0 aliphatic rings. The van der Waals surface area contributed by atoms with Crippen molar-refractivity contribution >= 4 is 0 Å². The van der Waals surface area contributed by atoms with Gasteiger partial charge in [0.25, 0.3) is 0 Å². The molecule has 0 bridgehead atoms. The van der Waals surface area contributed by atoms with E-state index in [1.807, 2.05) is 0 Å². The molecule has 1 aromatic heterocycles. The number of aryl methyl sites for hydroxylation is 1. The number of aromatic nitrogens is 3. The van der Waals surface area contributed by atoms with Crippen LogP contribution in [-0.4, -0.2) is 27.9 Å². The smallest absolute Gasteiger partial charge is 0.138 e. The first-order valence-electron chi connectivity index (χ1n) is 7.80. The fourth-order valence-corrected chi connectivity index (χ4v) is 2.70. The van der Waals surface area contributed by atoms with Gasteiger partial charge in [-0.3, -0.25) is 4.68 Å². The molecule has 0 fully saturated rings. The summed E-state index contributed by atoms with van der Waals surface area (Å²) < 4.78 is 2.05. The summed E-state index contributed by atoms with van der Waals surface area (Å²) >= 11 is 0. The number of unbranched alkanes of at least 4 members (excludes halogenated alkanes) is 1. The summed E-state index contributed by atoms with van der Waals surface area (Å²) in [6.45, 7) is 7.70.